The van der Waals surface area contributed by atoms with Crippen LogP contribution < -0.4 is 10.2 Å². The van der Waals surface area contributed by atoms with Gasteiger partial charge >= 0.3 is 0 Å². The smallest absolute Gasteiger partial charge is 0.255 e. The highest BCUT2D eigenvalue weighted by Gasteiger charge is 2.47. The van der Waals surface area contributed by atoms with Crippen molar-refractivity contribution in [3.8, 4) is 0 Å². The molecule has 4 fully saturated rings. The van der Waals surface area contributed by atoms with Gasteiger partial charge in [0, 0.05) is 54.9 Å². The van der Waals surface area contributed by atoms with E-state index in [2.05, 4.69) is 48.0 Å². The molecule has 0 saturated carbocycles. The Kier molecular flexibility index (Phi) is 4.04. The molecule has 1 aromatic carbocycles. The fourth-order valence-corrected chi connectivity index (χ4v) is 5.30. The van der Waals surface area contributed by atoms with E-state index in [1.165, 1.54) is 12.1 Å². The number of fused-ring (bicyclic) bond motifs is 3. The number of rotatable bonds is 2. The average Bonchev–Trinajstić information content (AvgIpc) is 2.97. The monoisotopic (exact) mass is 396 g/mol. The quantitative estimate of drug-likeness (QED) is 0.768. The molecule has 6 rings (SSSR count). The van der Waals surface area contributed by atoms with E-state index in [1.54, 1.807) is 4.90 Å². The Balaban J connectivity index is 1.34. The van der Waals surface area contributed by atoms with Crippen LogP contribution in [0.4, 0.5) is 5.69 Å². The minimum atomic E-state index is -0.556. The molecule has 5 aliphatic rings. The van der Waals surface area contributed by atoms with Crippen molar-refractivity contribution in [3.63, 3.8) is 0 Å². The molecular weight excluding hydrogens is 368 g/mol. The number of anilines is 1. The Morgan fingerprint density at radius 1 is 1.07 bits per heavy atom. The molecular formula is C22H28N4O3. The van der Waals surface area contributed by atoms with Gasteiger partial charge in [-0.2, -0.15) is 0 Å². The third-order valence-corrected chi connectivity index (χ3v) is 6.95. The van der Waals surface area contributed by atoms with Gasteiger partial charge in [-0.3, -0.25) is 24.6 Å². The van der Waals surface area contributed by atoms with Gasteiger partial charge in [0.1, 0.15) is 6.04 Å². The predicted octanol–water partition coefficient (Wildman–Crippen LogP) is 1.51. The molecule has 5 aliphatic heterocycles. The fourth-order valence-electron chi connectivity index (χ4n) is 5.30. The van der Waals surface area contributed by atoms with Crippen LogP contribution >= 0.6 is 0 Å². The molecule has 2 unspecified atom stereocenters. The number of imide groups is 1. The summed E-state index contributed by atoms with van der Waals surface area (Å²) in [5.74, 6) is -0.725. The lowest BCUT2D eigenvalue weighted by molar-refractivity contribution is -0.136. The first-order valence-electron chi connectivity index (χ1n) is 10.5. The van der Waals surface area contributed by atoms with Crippen LogP contribution in [0.3, 0.4) is 0 Å². The second-order valence-electron chi connectivity index (χ2n) is 9.77. The molecule has 3 amide bonds. The van der Waals surface area contributed by atoms with Gasteiger partial charge in [-0.05, 0) is 57.4 Å². The lowest BCUT2D eigenvalue weighted by atomic mass is 9.84. The molecule has 7 heteroatoms. The number of nitrogens with zero attached hydrogens (tertiary/aromatic N) is 3. The van der Waals surface area contributed by atoms with E-state index in [0.717, 1.165) is 18.7 Å². The fraction of sp³-hybridized carbons (Fsp3) is 0.591. The zero-order valence-corrected chi connectivity index (χ0v) is 17.3. The standard InChI is InChI=1S/C22H28N4O3/c1-22(2,3)24-11-15-9-16(12-24)26(15)14-4-5-17-13(8-14)10-25(21(17)29)18-6-7-19(27)23-20(18)28/h4-5,8,15-16,18H,6-7,9-12H2,1-3H3,(H,23,27,28)/t15?,16?,18-/m0/s1. The average molecular weight is 396 g/mol. The summed E-state index contributed by atoms with van der Waals surface area (Å²) >= 11 is 0. The summed E-state index contributed by atoms with van der Waals surface area (Å²) in [5, 5.41) is 2.36. The van der Waals surface area contributed by atoms with E-state index in [1.807, 2.05) is 6.07 Å². The van der Waals surface area contributed by atoms with E-state index < -0.39 is 6.04 Å². The number of carbonyl (C=O) groups is 3. The van der Waals surface area contributed by atoms with Crippen molar-refractivity contribution in [1.29, 1.82) is 0 Å². The maximum Gasteiger partial charge on any atom is 0.255 e. The highest BCUT2D eigenvalue weighted by atomic mass is 16.2. The molecule has 3 atom stereocenters. The van der Waals surface area contributed by atoms with Crippen molar-refractivity contribution < 1.29 is 14.4 Å². The van der Waals surface area contributed by atoms with E-state index in [-0.39, 0.29) is 29.7 Å². The minimum absolute atomic E-state index is 0.108. The minimum Gasteiger partial charge on any atom is -0.363 e. The zero-order valence-electron chi connectivity index (χ0n) is 17.3. The van der Waals surface area contributed by atoms with Crippen molar-refractivity contribution in [2.45, 2.75) is 70.2 Å². The van der Waals surface area contributed by atoms with Gasteiger partial charge < -0.3 is 9.80 Å². The first-order chi connectivity index (χ1) is 13.7. The summed E-state index contributed by atoms with van der Waals surface area (Å²) in [6.45, 7) is 9.38. The van der Waals surface area contributed by atoms with Gasteiger partial charge in [0.25, 0.3) is 5.91 Å². The summed E-state index contributed by atoms with van der Waals surface area (Å²) in [5.41, 5.74) is 3.03. The number of carbonyl (C=O) groups excluding carboxylic acids is 3. The number of piperazine rings is 1. The highest BCUT2D eigenvalue weighted by molar-refractivity contribution is 6.05. The van der Waals surface area contributed by atoms with Gasteiger partial charge in [-0.1, -0.05) is 0 Å². The molecule has 4 saturated heterocycles. The van der Waals surface area contributed by atoms with E-state index in [4.69, 9.17) is 0 Å². The number of hydrogen-bond donors (Lipinski definition) is 1. The maximum atomic E-state index is 12.9. The largest absolute Gasteiger partial charge is 0.363 e. The summed E-state index contributed by atoms with van der Waals surface area (Å²) in [6, 6.07) is 6.58. The van der Waals surface area contributed by atoms with Crippen LogP contribution in [-0.4, -0.2) is 64.3 Å². The van der Waals surface area contributed by atoms with Crippen molar-refractivity contribution in [2.75, 3.05) is 18.0 Å². The van der Waals surface area contributed by atoms with E-state index >= 15 is 0 Å². The maximum absolute atomic E-state index is 12.9. The summed E-state index contributed by atoms with van der Waals surface area (Å²) in [6.07, 6.45) is 1.91. The van der Waals surface area contributed by atoms with Crippen LogP contribution in [0.15, 0.2) is 18.2 Å². The Morgan fingerprint density at radius 2 is 1.79 bits per heavy atom. The van der Waals surface area contributed by atoms with Crippen LogP contribution in [0.5, 0.6) is 0 Å². The van der Waals surface area contributed by atoms with Gasteiger partial charge in [0.05, 0.1) is 0 Å². The summed E-state index contributed by atoms with van der Waals surface area (Å²) < 4.78 is 0. The number of benzene rings is 1. The van der Waals surface area contributed by atoms with E-state index in [0.29, 0.717) is 30.6 Å². The number of piperidine rings is 2. The molecule has 0 aliphatic carbocycles. The van der Waals surface area contributed by atoms with Crippen LogP contribution in [0.2, 0.25) is 0 Å². The number of amides is 3. The lowest BCUT2D eigenvalue weighted by Gasteiger charge is -2.60. The Bertz CT molecular complexity index is 894. The molecule has 29 heavy (non-hydrogen) atoms. The molecule has 1 aromatic rings. The summed E-state index contributed by atoms with van der Waals surface area (Å²) in [4.78, 5) is 43.2. The van der Waals surface area contributed by atoms with Crippen LogP contribution in [0, 0.1) is 0 Å². The number of nitrogens with one attached hydrogen (secondary N) is 1. The van der Waals surface area contributed by atoms with Crippen molar-refractivity contribution >= 4 is 23.4 Å². The second kappa shape index (κ2) is 6.29. The van der Waals surface area contributed by atoms with Gasteiger partial charge in [-0.25, -0.2) is 0 Å². The zero-order chi connectivity index (χ0) is 20.5. The van der Waals surface area contributed by atoms with E-state index in [9.17, 15) is 14.4 Å². The molecule has 154 valence electrons. The predicted molar refractivity (Wildman–Crippen MR) is 108 cm³/mol. The first-order valence-corrected chi connectivity index (χ1v) is 10.5. The molecule has 7 nitrogen and oxygen atoms in total. The van der Waals surface area contributed by atoms with Crippen LogP contribution in [-0.2, 0) is 16.1 Å². The van der Waals surface area contributed by atoms with Crippen molar-refractivity contribution in [2.24, 2.45) is 0 Å². The molecule has 5 heterocycles. The molecule has 0 radical (unpaired) electrons. The van der Waals surface area contributed by atoms with Gasteiger partial charge in [0.15, 0.2) is 0 Å². The van der Waals surface area contributed by atoms with Crippen molar-refractivity contribution in [3.05, 3.63) is 29.3 Å². The topological polar surface area (TPSA) is 73.0 Å². The van der Waals surface area contributed by atoms with Crippen LogP contribution in [0.25, 0.3) is 0 Å². The SMILES string of the molecule is CC(C)(C)N1CC2CC(C1)N2c1ccc2c(c1)CN([C@H]1CCC(=O)NC1=O)C2=O. The van der Waals surface area contributed by atoms with Crippen molar-refractivity contribution in [1.82, 2.24) is 15.1 Å². The van der Waals surface area contributed by atoms with Gasteiger partial charge in [-0.15, -0.1) is 0 Å². The molecule has 2 bridgehead atoms. The Labute approximate surface area is 171 Å². The highest BCUT2D eigenvalue weighted by Crippen LogP contribution is 2.40. The third-order valence-electron chi connectivity index (χ3n) is 6.95. The van der Waals surface area contributed by atoms with Crippen LogP contribution in [0.1, 0.15) is 56.0 Å². The second-order valence-corrected chi connectivity index (χ2v) is 9.77. The molecule has 0 spiro atoms. The Morgan fingerprint density at radius 3 is 2.45 bits per heavy atom. The van der Waals surface area contributed by atoms with Gasteiger partial charge in [0.2, 0.25) is 11.8 Å². The normalized spacial score (nSPS) is 29.6. The Hall–Kier alpha value is -2.41. The lowest BCUT2D eigenvalue weighted by Crippen LogP contribution is -2.71. The first kappa shape index (κ1) is 18.6. The molecule has 1 N–H and O–H groups in total. The third kappa shape index (κ3) is 2.94. The number of hydrogen-bond acceptors (Lipinski definition) is 5. The molecule has 0 aromatic heterocycles. The summed E-state index contributed by atoms with van der Waals surface area (Å²) in [7, 11) is 0.